The predicted octanol–water partition coefficient (Wildman–Crippen LogP) is 2.31. The molecular weight excluding hydrogens is 334 g/mol. The number of aromatic nitrogens is 2. The molecule has 0 spiro atoms. The molecule has 0 N–H and O–H groups in total. The molecule has 0 saturated heterocycles. The molecule has 1 heterocycles. The van der Waals surface area contributed by atoms with Crippen molar-refractivity contribution in [2.24, 2.45) is 0 Å². The summed E-state index contributed by atoms with van der Waals surface area (Å²) in [6, 6.07) is 4.36. The molecular formula is C15H17N3O3S2. The van der Waals surface area contributed by atoms with Crippen LogP contribution in [0.4, 0.5) is 0 Å². The number of hydrogen-bond acceptors (Lipinski definition) is 6. The van der Waals surface area contributed by atoms with Crippen LogP contribution in [0.15, 0.2) is 27.9 Å². The molecule has 0 aliphatic carbocycles. The molecule has 0 aliphatic heterocycles. The Balaban J connectivity index is 2.69. The molecule has 6 nitrogen and oxygen atoms in total. The van der Waals surface area contributed by atoms with Gasteiger partial charge in [0, 0.05) is 12.8 Å². The van der Waals surface area contributed by atoms with E-state index in [4.69, 9.17) is 5.26 Å². The molecule has 2 rings (SSSR count). The first-order valence-electron chi connectivity index (χ1n) is 7.13. The quantitative estimate of drug-likeness (QED) is 0.742. The van der Waals surface area contributed by atoms with Gasteiger partial charge >= 0.3 is 0 Å². The molecule has 1 aromatic heterocycles. The lowest BCUT2D eigenvalue weighted by Crippen LogP contribution is -2.25. The highest BCUT2D eigenvalue weighted by molar-refractivity contribution is 8.02. The summed E-state index contributed by atoms with van der Waals surface area (Å²) in [5.41, 5.74) is 0.186. The van der Waals surface area contributed by atoms with Gasteiger partial charge in [-0.3, -0.25) is 9.36 Å². The average molecular weight is 351 g/mol. The van der Waals surface area contributed by atoms with Crippen LogP contribution < -0.4 is 5.56 Å². The van der Waals surface area contributed by atoms with Gasteiger partial charge < -0.3 is 0 Å². The molecule has 0 amide bonds. The second-order valence-electron chi connectivity index (χ2n) is 5.17. The first kappa shape index (κ1) is 17.5. The number of fused-ring (bicyclic) bond motifs is 1. The zero-order chi connectivity index (χ0) is 17.0. The number of rotatable bonds is 6. The number of thioether (sulfide) groups is 1. The molecule has 122 valence electrons. The largest absolute Gasteiger partial charge is 0.295 e. The van der Waals surface area contributed by atoms with E-state index < -0.39 is 9.84 Å². The zero-order valence-electron chi connectivity index (χ0n) is 12.9. The van der Waals surface area contributed by atoms with Crippen molar-refractivity contribution in [3.05, 3.63) is 34.4 Å². The van der Waals surface area contributed by atoms with Gasteiger partial charge in [-0.1, -0.05) is 13.3 Å². The fraction of sp³-hybridized carbons (Fsp3) is 0.400. The van der Waals surface area contributed by atoms with E-state index in [1.165, 1.54) is 18.2 Å². The van der Waals surface area contributed by atoms with Gasteiger partial charge in [0.1, 0.15) is 11.2 Å². The topological polar surface area (TPSA) is 92.8 Å². The second kappa shape index (κ2) is 7.15. The van der Waals surface area contributed by atoms with Crippen molar-refractivity contribution in [1.82, 2.24) is 9.55 Å². The highest BCUT2D eigenvalue weighted by atomic mass is 32.2. The summed E-state index contributed by atoms with van der Waals surface area (Å²) in [5.74, 6) is 0.855. The summed E-state index contributed by atoms with van der Waals surface area (Å²) in [6.07, 6.45) is 2.83. The fourth-order valence-electron chi connectivity index (χ4n) is 2.23. The van der Waals surface area contributed by atoms with Crippen molar-refractivity contribution in [2.45, 2.75) is 37.0 Å². The van der Waals surface area contributed by atoms with Crippen LogP contribution in [-0.2, 0) is 22.1 Å². The number of hydrogen-bond donors (Lipinski definition) is 0. The van der Waals surface area contributed by atoms with Crippen molar-refractivity contribution in [2.75, 3.05) is 6.26 Å². The molecule has 0 aliphatic rings. The standard InChI is InChI=1S/C15H17N3O3S2/c1-3-4-7-18-14(9-22-10-16)17-13-6-5-11(23(2,20)21)8-12(13)15(18)19/h5-6,8H,3-4,7,9H2,1-2H3. The number of nitrogens with zero attached hydrogens (tertiary/aromatic N) is 3. The summed E-state index contributed by atoms with van der Waals surface area (Å²) < 4.78 is 24.9. The van der Waals surface area contributed by atoms with E-state index in [0.29, 0.717) is 23.6 Å². The van der Waals surface area contributed by atoms with Gasteiger partial charge in [0.05, 0.1) is 21.6 Å². The number of benzene rings is 1. The number of unbranched alkanes of at least 4 members (excludes halogenated alkanes) is 1. The van der Waals surface area contributed by atoms with E-state index in [1.807, 2.05) is 12.3 Å². The van der Waals surface area contributed by atoms with Gasteiger partial charge in [-0.25, -0.2) is 13.4 Å². The Bertz CT molecular complexity index is 927. The monoisotopic (exact) mass is 351 g/mol. The Morgan fingerprint density at radius 3 is 2.74 bits per heavy atom. The van der Waals surface area contributed by atoms with Gasteiger partial charge in [0.25, 0.3) is 5.56 Å². The first-order chi connectivity index (χ1) is 10.9. The van der Waals surface area contributed by atoms with Crippen LogP contribution in [0.2, 0.25) is 0 Å². The summed E-state index contributed by atoms with van der Waals surface area (Å²) in [4.78, 5) is 17.3. The number of thiocyanates is 1. The normalized spacial score (nSPS) is 11.5. The summed E-state index contributed by atoms with van der Waals surface area (Å²) >= 11 is 1.02. The van der Waals surface area contributed by atoms with E-state index in [0.717, 1.165) is 30.9 Å². The molecule has 0 saturated carbocycles. The smallest absolute Gasteiger partial charge is 0.261 e. The molecule has 0 fully saturated rings. The second-order valence-corrected chi connectivity index (χ2v) is 7.95. The van der Waals surface area contributed by atoms with E-state index in [-0.39, 0.29) is 15.8 Å². The third-order valence-electron chi connectivity index (χ3n) is 3.43. The molecule has 1 aromatic carbocycles. The Hall–Kier alpha value is -1.85. The molecule has 23 heavy (non-hydrogen) atoms. The highest BCUT2D eigenvalue weighted by Gasteiger charge is 2.14. The minimum Gasteiger partial charge on any atom is -0.295 e. The van der Waals surface area contributed by atoms with E-state index in [9.17, 15) is 13.2 Å². The van der Waals surface area contributed by atoms with E-state index >= 15 is 0 Å². The van der Waals surface area contributed by atoms with Crippen molar-refractivity contribution in [3.63, 3.8) is 0 Å². The first-order valence-corrected chi connectivity index (χ1v) is 10.0. The van der Waals surface area contributed by atoms with Gasteiger partial charge in [0.15, 0.2) is 9.84 Å². The van der Waals surface area contributed by atoms with Gasteiger partial charge in [0.2, 0.25) is 0 Å². The molecule has 8 heteroatoms. The third kappa shape index (κ3) is 3.92. The highest BCUT2D eigenvalue weighted by Crippen LogP contribution is 2.17. The lowest BCUT2D eigenvalue weighted by molar-refractivity contribution is 0.589. The van der Waals surface area contributed by atoms with Crippen LogP contribution in [0.1, 0.15) is 25.6 Å². The van der Waals surface area contributed by atoms with Crippen molar-refractivity contribution in [1.29, 1.82) is 5.26 Å². The maximum absolute atomic E-state index is 12.7. The average Bonchev–Trinajstić information content (AvgIpc) is 2.51. The number of sulfone groups is 1. The Labute approximate surface area is 139 Å². The Kier molecular flexibility index (Phi) is 5.44. The molecule has 0 unspecified atom stereocenters. The maximum Gasteiger partial charge on any atom is 0.261 e. The SMILES string of the molecule is CCCCn1c(CSC#N)nc2ccc(S(C)(=O)=O)cc2c1=O. The van der Waals surface area contributed by atoms with Crippen LogP contribution in [-0.4, -0.2) is 24.2 Å². The molecule has 0 radical (unpaired) electrons. The predicted molar refractivity (Wildman–Crippen MR) is 90.9 cm³/mol. The maximum atomic E-state index is 12.7. The van der Waals surface area contributed by atoms with Gasteiger partial charge in [-0.05, 0) is 36.4 Å². The summed E-state index contributed by atoms with van der Waals surface area (Å²) in [5, 5.41) is 11.0. The van der Waals surface area contributed by atoms with Crippen molar-refractivity contribution in [3.8, 4) is 5.40 Å². The lowest BCUT2D eigenvalue weighted by Gasteiger charge is -2.12. The van der Waals surface area contributed by atoms with Crippen LogP contribution in [0, 0.1) is 10.7 Å². The fourth-order valence-corrected chi connectivity index (χ4v) is 3.29. The van der Waals surface area contributed by atoms with Crippen molar-refractivity contribution >= 4 is 32.5 Å². The molecule has 0 atom stereocenters. The minimum atomic E-state index is -3.39. The van der Waals surface area contributed by atoms with Gasteiger partial charge in [-0.2, -0.15) is 5.26 Å². The van der Waals surface area contributed by atoms with Crippen LogP contribution in [0.3, 0.4) is 0 Å². The third-order valence-corrected chi connectivity index (χ3v) is 5.08. The molecule has 0 bridgehead atoms. The van der Waals surface area contributed by atoms with Crippen LogP contribution in [0.5, 0.6) is 0 Å². The number of nitriles is 1. The van der Waals surface area contributed by atoms with Crippen molar-refractivity contribution < 1.29 is 8.42 Å². The van der Waals surface area contributed by atoms with Crippen LogP contribution >= 0.6 is 11.8 Å². The Morgan fingerprint density at radius 1 is 1.39 bits per heavy atom. The van der Waals surface area contributed by atoms with E-state index in [2.05, 4.69) is 4.98 Å². The Morgan fingerprint density at radius 2 is 2.13 bits per heavy atom. The molecule has 2 aromatic rings. The lowest BCUT2D eigenvalue weighted by atomic mass is 10.2. The summed E-state index contributed by atoms with van der Waals surface area (Å²) in [6.45, 7) is 2.52. The van der Waals surface area contributed by atoms with Gasteiger partial charge in [-0.15, -0.1) is 0 Å². The summed E-state index contributed by atoms with van der Waals surface area (Å²) in [7, 11) is -3.39. The zero-order valence-corrected chi connectivity index (χ0v) is 14.6. The van der Waals surface area contributed by atoms with Crippen LogP contribution in [0.25, 0.3) is 10.9 Å². The minimum absolute atomic E-state index is 0.102. The van der Waals surface area contributed by atoms with E-state index in [1.54, 1.807) is 4.57 Å².